The van der Waals surface area contributed by atoms with Gasteiger partial charge in [0, 0.05) is 25.4 Å². The van der Waals surface area contributed by atoms with Crippen LogP contribution < -0.4 is 16.6 Å². The van der Waals surface area contributed by atoms with E-state index in [0.29, 0.717) is 16.6 Å². The lowest BCUT2D eigenvalue weighted by atomic mass is 10.2. The number of fused-ring (bicyclic) bond motifs is 1. The molecule has 0 unspecified atom stereocenters. The number of imidazole rings is 1. The fraction of sp³-hybridized carbons (Fsp3) is 0.100. The molecule has 2 heterocycles. The van der Waals surface area contributed by atoms with E-state index in [-0.39, 0.29) is 18.9 Å². The highest BCUT2D eigenvalue weighted by atomic mass is 16.2. The normalized spacial score (nSPS) is 10.9. The first-order chi connectivity index (χ1) is 13.6. The summed E-state index contributed by atoms with van der Waals surface area (Å²) < 4.78 is 3.20. The summed E-state index contributed by atoms with van der Waals surface area (Å²) in [6.45, 7) is 0.148. The van der Waals surface area contributed by atoms with Crippen LogP contribution in [0.15, 0.2) is 76.8 Å². The van der Waals surface area contributed by atoms with E-state index < -0.39 is 11.2 Å². The Hall–Kier alpha value is -3.94. The molecule has 0 spiro atoms. The van der Waals surface area contributed by atoms with E-state index in [9.17, 15) is 14.4 Å². The van der Waals surface area contributed by atoms with Gasteiger partial charge in [0.15, 0.2) is 0 Å². The Balaban J connectivity index is 1.55. The minimum atomic E-state index is -0.532. The molecule has 0 fully saturated rings. The number of H-pyrrole nitrogens is 1. The van der Waals surface area contributed by atoms with Crippen LogP contribution in [0.2, 0.25) is 0 Å². The third-order valence-corrected chi connectivity index (χ3v) is 4.43. The second-order valence-corrected chi connectivity index (χ2v) is 6.21. The summed E-state index contributed by atoms with van der Waals surface area (Å²) in [5.74, 6) is -0.241. The van der Waals surface area contributed by atoms with Crippen LogP contribution in [0.25, 0.3) is 16.6 Å². The van der Waals surface area contributed by atoms with Gasteiger partial charge in [0.1, 0.15) is 0 Å². The number of carbonyl (C=O) groups excluding carboxylic acids is 1. The number of aromatic amines is 1. The Kier molecular flexibility index (Phi) is 4.59. The molecule has 0 aliphatic carbocycles. The van der Waals surface area contributed by atoms with Gasteiger partial charge in [0.05, 0.1) is 28.6 Å². The van der Waals surface area contributed by atoms with Gasteiger partial charge in [-0.25, -0.2) is 9.78 Å². The molecule has 0 saturated carbocycles. The number of nitrogens with zero attached hydrogens (tertiary/aromatic N) is 3. The van der Waals surface area contributed by atoms with Gasteiger partial charge in [-0.15, -0.1) is 0 Å². The zero-order valence-corrected chi connectivity index (χ0v) is 14.8. The van der Waals surface area contributed by atoms with Crippen molar-refractivity contribution >= 4 is 22.5 Å². The van der Waals surface area contributed by atoms with E-state index in [2.05, 4.69) is 15.3 Å². The number of para-hydroxylation sites is 3. The molecule has 0 aliphatic heterocycles. The molecule has 4 aromatic rings. The maximum Gasteiger partial charge on any atom is 0.328 e. The first-order valence-electron chi connectivity index (χ1n) is 8.72. The van der Waals surface area contributed by atoms with Crippen molar-refractivity contribution in [2.45, 2.75) is 13.0 Å². The number of hydrogen-bond donors (Lipinski definition) is 2. The molecule has 4 rings (SSSR count). The number of benzene rings is 2. The molecular formula is C20H17N5O3. The first-order valence-corrected chi connectivity index (χ1v) is 8.72. The molecule has 2 aromatic carbocycles. The summed E-state index contributed by atoms with van der Waals surface area (Å²) in [4.78, 5) is 42.9. The molecule has 0 aliphatic rings. The number of aromatic nitrogens is 4. The fourth-order valence-corrected chi connectivity index (χ4v) is 3.10. The van der Waals surface area contributed by atoms with Crippen LogP contribution in [0.3, 0.4) is 0 Å². The van der Waals surface area contributed by atoms with Gasteiger partial charge < -0.3 is 9.88 Å². The second kappa shape index (κ2) is 7.36. The zero-order valence-electron chi connectivity index (χ0n) is 14.8. The average Bonchev–Trinajstić information content (AvgIpc) is 3.23. The first kappa shape index (κ1) is 17.5. The molecule has 1 amide bonds. The van der Waals surface area contributed by atoms with Crippen LogP contribution in [0.5, 0.6) is 0 Å². The van der Waals surface area contributed by atoms with Crippen molar-refractivity contribution in [3.63, 3.8) is 0 Å². The Labute approximate surface area is 159 Å². The predicted octanol–water partition coefficient (Wildman–Crippen LogP) is 1.90. The topological polar surface area (TPSA) is 102 Å². The van der Waals surface area contributed by atoms with Gasteiger partial charge in [-0.05, 0) is 24.3 Å². The SMILES string of the molecule is O=C(CCn1c(=O)[nH]c(=O)c2ccccc21)Nc1ccccc1-n1ccnc1. The molecule has 2 aromatic heterocycles. The Morgan fingerprint density at radius 2 is 1.86 bits per heavy atom. The van der Waals surface area contributed by atoms with Crippen molar-refractivity contribution in [1.29, 1.82) is 0 Å². The number of rotatable bonds is 5. The summed E-state index contributed by atoms with van der Waals surface area (Å²) in [5, 5.41) is 3.28. The monoisotopic (exact) mass is 375 g/mol. The second-order valence-electron chi connectivity index (χ2n) is 6.21. The fourth-order valence-electron chi connectivity index (χ4n) is 3.10. The highest BCUT2D eigenvalue weighted by Gasteiger charge is 2.11. The van der Waals surface area contributed by atoms with Crippen LogP contribution in [0, 0.1) is 0 Å². The minimum absolute atomic E-state index is 0.0776. The highest BCUT2D eigenvalue weighted by Crippen LogP contribution is 2.19. The lowest BCUT2D eigenvalue weighted by Gasteiger charge is -2.12. The molecule has 8 nitrogen and oxygen atoms in total. The van der Waals surface area contributed by atoms with Crippen LogP contribution in [-0.2, 0) is 11.3 Å². The Bertz CT molecular complexity index is 1250. The van der Waals surface area contributed by atoms with Crippen molar-refractivity contribution in [2.75, 3.05) is 5.32 Å². The largest absolute Gasteiger partial charge is 0.328 e. The van der Waals surface area contributed by atoms with Crippen molar-refractivity contribution in [3.05, 3.63) is 88.1 Å². The van der Waals surface area contributed by atoms with Gasteiger partial charge in [-0.2, -0.15) is 0 Å². The van der Waals surface area contributed by atoms with E-state index >= 15 is 0 Å². The van der Waals surface area contributed by atoms with Gasteiger partial charge in [0.2, 0.25) is 5.91 Å². The van der Waals surface area contributed by atoms with Crippen LogP contribution in [0.1, 0.15) is 6.42 Å². The molecule has 8 heteroatoms. The molecule has 2 N–H and O–H groups in total. The predicted molar refractivity (Wildman–Crippen MR) is 106 cm³/mol. The van der Waals surface area contributed by atoms with Gasteiger partial charge in [-0.3, -0.25) is 19.1 Å². The van der Waals surface area contributed by atoms with Crippen LogP contribution >= 0.6 is 0 Å². The van der Waals surface area contributed by atoms with Gasteiger partial charge in [-0.1, -0.05) is 24.3 Å². The average molecular weight is 375 g/mol. The Morgan fingerprint density at radius 3 is 2.68 bits per heavy atom. The van der Waals surface area contributed by atoms with Crippen LogP contribution in [0.4, 0.5) is 5.69 Å². The van der Waals surface area contributed by atoms with Gasteiger partial charge >= 0.3 is 5.69 Å². The maximum absolute atomic E-state index is 12.5. The zero-order chi connectivity index (χ0) is 19.5. The quantitative estimate of drug-likeness (QED) is 0.556. The Morgan fingerprint density at radius 1 is 1.07 bits per heavy atom. The van der Waals surface area contributed by atoms with E-state index in [0.717, 1.165) is 5.69 Å². The molecule has 0 atom stereocenters. The highest BCUT2D eigenvalue weighted by molar-refractivity contribution is 5.92. The summed E-state index contributed by atoms with van der Waals surface area (Å²) in [5.41, 5.74) is 0.970. The van der Waals surface area contributed by atoms with E-state index in [4.69, 9.17) is 0 Å². The number of hydrogen-bond acceptors (Lipinski definition) is 4. The summed E-state index contributed by atoms with van der Waals surface area (Å²) in [7, 11) is 0. The van der Waals surface area contributed by atoms with Crippen LogP contribution in [-0.4, -0.2) is 25.0 Å². The molecular weight excluding hydrogens is 358 g/mol. The summed E-state index contributed by atoms with van der Waals surface area (Å²) in [6.07, 6.45) is 5.18. The minimum Gasteiger partial charge on any atom is -0.324 e. The third-order valence-electron chi connectivity index (χ3n) is 4.43. The van der Waals surface area contributed by atoms with Crippen molar-refractivity contribution < 1.29 is 4.79 Å². The lowest BCUT2D eigenvalue weighted by Crippen LogP contribution is -2.31. The maximum atomic E-state index is 12.5. The number of anilines is 1. The summed E-state index contributed by atoms with van der Waals surface area (Å²) >= 11 is 0. The number of nitrogens with one attached hydrogen (secondary N) is 2. The molecule has 0 radical (unpaired) electrons. The van der Waals surface area contributed by atoms with E-state index in [1.54, 1.807) is 53.6 Å². The number of carbonyl (C=O) groups is 1. The standard InChI is InChI=1S/C20H17N5O3/c26-18(22-15-6-2-4-8-17(15)24-12-10-21-13-24)9-11-25-16-7-3-1-5-14(16)19(27)23-20(25)28/h1-8,10,12-13H,9,11H2,(H,22,26)(H,23,27,28). The number of aryl methyl sites for hydroxylation is 1. The molecule has 0 saturated heterocycles. The number of amides is 1. The third kappa shape index (κ3) is 3.35. The molecule has 0 bridgehead atoms. The van der Waals surface area contributed by atoms with Gasteiger partial charge in [0.25, 0.3) is 5.56 Å². The lowest BCUT2D eigenvalue weighted by molar-refractivity contribution is -0.116. The van der Waals surface area contributed by atoms with Crippen molar-refractivity contribution in [3.8, 4) is 5.69 Å². The van der Waals surface area contributed by atoms with Crippen molar-refractivity contribution in [1.82, 2.24) is 19.1 Å². The van der Waals surface area contributed by atoms with E-state index in [1.807, 2.05) is 18.2 Å². The smallest absolute Gasteiger partial charge is 0.324 e. The van der Waals surface area contributed by atoms with E-state index in [1.165, 1.54) is 4.57 Å². The molecule has 28 heavy (non-hydrogen) atoms. The molecule has 140 valence electrons. The summed E-state index contributed by atoms with van der Waals surface area (Å²) in [6, 6.07) is 14.2. The van der Waals surface area contributed by atoms with Crippen molar-refractivity contribution in [2.24, 2.45) is 0 Å².